The molecule has 0 saturated heterocycles. The van der Waals surface area contributed by atoms with E-state index in [0.29, 0.717) is 40.7 Å². The molecule has 1 heterocycles. The van der Waals surface area contributed by atoms with Crippen LogP contribution < -0.4 is 9.47 Å². The number of fused-ring (bicyclic) bond motifs is 1. The number of carbonyl (C=O) groups excluding carboxylic acids is 1. The number of methoxy groups -OCH3 is 1. The Hall–Kier alpha value is -4.30. The third-order valence-electron chi connectivity index (χ3n) is 7.46. The number of nitrogens with zero attached hydrogens (tertiary/aromatic N) is 1. The van der Waals surface area contributed by atoms with E-state index in [-0.39, 0.29) is 11.9 Å². The average molecular weight is 506 g/mol. The minimum Gasteiger partial charge on any atom is -0.496 e. The molecule has 4 aromatic rings. The van der Waals surface area contributed by atoms with E-state index in [9.17, 15) is 10.1 Å². The zero-order valence-corrected chi connectivity index (χ0v) is 22.0. The van der Waals surface area contributed by atoms with Crippen LogP contribution in [0.1, 0.15) is 55.5 Å². The summed E-state index contributed by atoms with van der Waals surface area (Å²) in [5, 5.41) is 10.8. The number of hydrogen-bond acceptors (Lipinski definition) is 5. The molecule has 2 atom stereocenters. The molecule has 192 valence electrons. The normalized spacial score (nSPS) is 17.3. The number of ketones is 1. The van der Waals surface area contributed by atoms with Crippen molar-refractivity contribution >= 4 is 16.8 Å². The van der Waals surface area contributed by atoms with Gasteiger partial charge in [0.2, 0.25) is 0 Å². The molecule has 0 spiro atoms. The maximum atomic E-state index is 12.2. The van der Waals surface area contributed by atoms with Crippen LogP contribution in [0.5, 0.6) is 11.5 Å². The molecule has 5 heteroatoms. The van der Waals surface area contributed by atoms with Crippen molar-refractivity contribution in [2.45, 2.75) is 45.6 Å². The summed E-state index contributed by atoms with van der Waals surface area (Å²) in [5.74, 6) is 2.32. The zero-order chi connectivity index (χ0) is 26.8. The van der Waals surface area contributed by atoms with Crippen molar-refractivity contribution in [3.63, 3.8) is 0 Å². The van der Waals surface area contributed by atoms with Crippen molar-refractivity contribution in [3.8, 4) is 40.0 Å². The van der Waals surface area contributed by atoms with Crippen molar-refractivity contribution in [1.82, 2.24) is 0 Å². The lowest BCUT2D eigenvalue weighted by molar-refractivity contribution is 0.0988. The van der Waals surface area contributed by atoms with Crippen LogP contribution in [0.3, 0.4) is 0 Å². The van der Waals surface area contributed by atoms with Gasteiger partial charge in [0.25, 0.3) is 0 Å². The van der Waals surface area contributed by atoms with Crippen molar-refractivity contribution < 1.29 is 18.7 Å². The topological polar surface area (TPSA) is 72.5 Å². The SMILES string of the molecule is C=C1CCC(Oc2ccc(-c3cccc4cc(-c5ccc(C(=O)CC)cc5OC)oc34)cc2C#N)CC1C. The predicted molar refractivity (Wildman–Crippen MR) is 150 cm³/mol. The lowest BCUT2D eigenvalue weighted by Crippen LogP contribution is -2.25. The van der Waals surface area contributed by atoms with Gasteiger partial charge >= 0.3 is 0 Å². The van der Waals surface area contributed by atoms with E-state index in [1.54, 1.807) is 19.2 Å². The largest absolute Gasteiger partial charge is 0.496 e. The summed E-state index contributed by atoms with van der Waals surface area (Å²) in [6.07, 6.45) is 3.30. The van der Waals surface area contributed by atoms with Gasteiger partial charge in [-0.05, 0) is 61.1 Å². The van der Waals surface area contributed by atoms with Gasteiger partial charge in [-0.15, -0.1) is 0 Å². The van der Waals surface area contributed by atoms with Gasteiger partial charge in [-0.2, -0.15) is 5.26 Å². The van der Waals surface area contributed by atoms with Crippen molar-refractivity contribution in [2.24, 2.45) is 5.92 Å². The minimum atomic E-state index is 0.0610. The van der Waals surface area contributed by atoms with Crippen LogP contribution in [0.2, 0.25) is 0 Å². The summed E-state index contributed by atoms with van der Waals surface area (Å²) in [4.78, 5) is 12.2. The van der Waals surface area contributed by atoms with Gasteiger partial charge in [-0.25, -0.2) is 0 Å². The molecule has 0 amide bonds. The smallest absolute Gasteiger partial charge is 0.162 e. The quantitative estimate of drug-likeness (QED) is 0.186. The first-order valence-electron chi connectivity index (χ1n) is 13.0. The Morgan fingerprint density at radius 3 is 2.68 bits per heavy atom. The van der Waals surface area contributed by atoms with Crippen LogP contribution in [0.25, 0.3) is 33.4 Å². The second-order valence-electron chi connectivity index (χ2n) is 9.92. The van der Waals surface area contributed by atoms with Gasteiger partial charge in [-0.1, -0.05) is 56.3 Å². The second kappa shape index (κ2) is 10.6. The van der Waals surface area contributed by atoms with Crippen LogP contribution in [0, 0.1) is 17.2 Å². The predicted octanol–water partition coefficient (Wildman–Crippen LogP) is 8.36. The fourth-order valence-electron chi connectivity index (χ4n) is 5.14. The first-order chi connectivity index (χ1) is 18.4. The van der Waals surface area contributed by atoms with E-state index in [0.717, 1.165) is 46.9 Å². The number of furan rings is 1. The maximum Gasteiger partial charge on any atom is 0.162 e. The molecule has 3 aromatic carbocycles. The number of allylic oxidation sites excluding steroid dienone is 1. The molecule has 0 aliphatic heterocycles. The van der Waals surface area contributed by atoms with E-state index < -0.39 is 0 Å². The molecule has 0 radical (unpaired) electrons. The van der Waals surface area contributed by atoms with Crippen molar-refractivity contribution in [1.29, 1.82) is 5.26 Å². The molecule has 2 unspecified atom stereocenters. The molecule has 1 aliphatic carbocycles. The average Bonchev–Trinajstić information content (AvgIpc) is 3.39. The second-order valence-corrected chi connectivity index (χ2v) is 9.92. The van der Waals surface area contributed by atoms with Gasteiger partial charge in [0.05, 0.1) is 24.3 Å². The van der Waals surface area contributed by atoms with Crippen molar-refractivity contribution in [3.05, 3.63) is 83.9 Å². The standard InChI is InChI=1S/C33H31NO4/c1-5-29(35)23-10-13-28(31(17-23)36-4)32-18-24-7-6-8-27(33(24)38-32)22-11-14-30(25(16-22)19-34)37-26-12-9-20(2)21(3)15-26/h6-8,10-11,13-14,16-18,21,26H,2,5,9,12,15H2,1,3-4H3. The Morgan fingerprint density at radius 1 is 1.11 bits per heavy atom. The highest BCUT2D eigenvalue weighted by Gasteiger charge is 2.24. The molecule has 1 fully saturated rings. The van der Waals surface area contributed by atoms with Crippen molar-refractivity contribution in [2.75, 3.05) is 7.11 Å². The summed E-state index contributed by atoms with van der Waals surface area (Å²) < 4.78 is 18.2. The summed E-state index contributed by atoms with van der Waals surface area (Å²) in [5.41, 5.74) is 5.64. The number of para-hydroxylation sites is 1. The molecule has 5 nitrogen and oxygen atoms in total. The molecule has 1 saturated carbocycles. The molecular formula is C33H31NO4. The highest BCUT2D eigenvalue weighted by atomic mass is 16.5. The van der Waals surface area contributed by atoms with Gasteiger partial charge in [-0.3, -0.25) is 4.79 Å². The molecule has 0 bridgehead atoms. The van der Waals surface area contributed by atoms with E-state index in [1.807, 2.05) is 55.5 Å². The molecular weight excluding hydrogens is 474 g/mol. The van der Waals surface area contributed by atoms with E-state index in [2.05, 4.69) is 19.6 Å². The molecule has 38 heavy (non-hydrogen) atoms. The number of ether oxygens (including phenoxy) is 2. The van der Waals surface area contributed by atoms with Gasteiger partial charge in [0.15, 0.2) is 5.78 Å². The number of hydrogen-bond donors (Lipinski definition) is 0. The van der Waals surface area contributed by atoms with Gasteiger partial charge < -0.3 is 13.9 Å². The summed E-state index contributed by atoms with van der Waals surface area (Å²) in [6, 6.07) is 21.4. The zero-order valence-electron chi connectivity index (χ0n) is 22.0. The van der Waals surface area contributed by atoms with Crippen LogP contribution in [-0.2, 0) is 0 Å². The summed E-state index contributed by atoms with van der Waals surface area (Å²) in [6.45, 7) is 8.17. The Labute approximate surface area is 223 Å². The Balaban J connectivity index is 1.49. The Bertz CT molecular complexity index is 1570. The Kier molecular flexibility index (Phi) is 7.07. The van der Waals surface area contributed by atoms with Crippen LogP contribution in [-0.4, -0.2) is 19.0 Å². The number of rotatable bonds is 7. The number of Topliss-reactive ketones (excluding diaryl/α,β-unsaturated/α-hetero) is 1. The first kappa shape index (κ1) is 25.4. The van der Waals surface area contributed by atoms with E-state index >= 15 is 0 Å². The maximum absolute atomic E-state index is 12.2. The van der Waals surface area contributed by atoms with E-state index in [4.69, 9.17) is 13.9 Å². The lowest BCUT2D eigenvalue weighted by atomic mass is 9.85. The van der Waals surface area contributed by atoms with E-state index in [1.165, 1.54) is 5.57 Å². The molecule has 5 rings (SSSR count). The fourth-order valence-corrected chi connectivity index (χ4v) is 5.14. The number of carbonyl (C=O) groups is 1. The highest BCUT2D eigenvalue weighted by Crippen LogP contribution is 2.39. The first-order valence-corrected chi connectivity index (χ1v) is 13.0. The summed E-state index contributed by atoms with van der Waals surface area (Å²) in [7, 11) is 1.59. The van der Waals surface area contributed by atoms with Gasteiger partial charge in [0, 0.05) is 22.9 Å². The molecule has 0 N–H and O–H groups in total. The van der Waals surface area contributed by atoms with Crippen LogP contribution in [0.4, 0.5) is 0 Å². The fraction of sp³-hybridized carbons (Fsp3) is 0.273. The lowest BCUT2D eigenvalue weighted by Gasteiger charge is -2.29. The van der Waals surface area contributed by atoms with Crippen LogP contribution in [0.15, 0.2) is 77.2 Å². The number of nitriles is 1. The Morgan fingerprint density at radius 2 is 1.95 bits per heavy atom. The number of benzene rings is 3. The third kappa shape index (κ3) is 4.82. The van der Waals surface area contributed by atoms with Gasteiger partial charge in [0.1, 0.15) is 28.9 Å². The van der Waals surface area contributed by atoms with Crippen LogP contribution >= 0.6 is 0 Å². The highest BCUT2D eigenvalue weighted by molar-refractivity contribution is 5.98. The summed E-state index contributed by atoms with van der Waals surface area (Å²) >= 11 is 0. The minimum absolute atomic E-state index is 0.0610. The third-order valence-corrected chi connectivity index (χ3v) is 7.46. The monoisotopic (exact) mass is 505 g/mol. The molecule has 1 aromatic heterocycles. The molecule has 1 aliphatic rings.